The van der Waals surface area contributed by atoms with Crippen molar-refractivity contribution in [3.05, 3.63) is 22.9 Å². The molecule has 1 aromatic rings. The fraction of sp³-hybridized carbons (Fsp3) is 0.571. The third-order valence-corrected chi connectivity index (χ3v) is 5.47. The maximum atomic E-state index is 12.7. The van der Waals surface area contributed by atoms with Crippen LogP contribution >= 0.6 is 15.9 Å². The minimum atomic E-state index is -0.899. The van der Waals surface area contributed by atoms with Crippen molar-refractivity contribution in [2.45, 2.75) is 31.9 Å². The predicted molar refractivity (Wildman–Crippen MR) is 79.1 cm³/mol. The highest BCUT2D eigenvalue weighted by Gasteiger charge is 2.71. The molecular formula is C14H18BrN3O2. The number of ether oxygens (including phenoxy) is 1. The van der Waals surface area contributed by atoms with E-state index in [1.165, 1.54) is 0 Å². The molecule has 1 saturated heterocycles. The summed E-state index contributed by atoms with van der Waals surface area (Å²) in [5.74, 6) is -0.0732. The average Bonchev–Trinajstić information content (AvgIpc) is 2.88. The van der Waals surface area contributed by atoms with Crippen molar-refractivity contribution in [2.75, 3.05) is 11.9 Å². The maximum Gasteiger partial charge on any atom is 0.245 e. The molecule has 2 heterocycles. The lowest BCUT2D eigenvalue weighted by atomic mass is 9.48. The predicted octanol–water partition coefficient (Wildman–Crippen LogP) is 1.92. The molecule has 3 atom stereocenters. The molecule has 3 N–H and O–H groups in total. The minimum Gasteiger partial charge on any atom is -0.377 e. The van der Waals surface area contributed by atoms with Crippen LogP contribution in [0.15, 0.2) is 22.9 Å². The maximum absolute atomic E-state index is 12.7. The number of hydrogen-bond acceptors (Lipinski definition) is 4. The first kappa shape index (κ1) is 14.0. The van der Waals surface area contributed by atoms with Gasteiger partial charge in [0.05, 0.1) is 11.8 Å². The van der Waals surface area contributed by atoms with Gasteiger partial charge in [-0.2, -0.15) is 0 Å². The van der Waals surface area contributed by atoms with Crippen LogP contribution in [0.1, 0.15) is 20.3 Å². The molecule has 6 heteroatoms. The molecule has 1 amide bonds. The van der Waals surface area contributed by atoms with E-state index in [9.17, 15) is 4.79 Å². The Morgan fingerprint density at radius 1 is 1.60 bits per heavy atom. The van der Waals surface area contributed by atoms with Crippen LogP contribution in [0, 0.1) is 11.3 Å². The van der Waals surface area contributed by atoms with Gasteiger partial charge in [-0.05, 0) is 34.5 Å². The van der Waals surface area contributed by atoms with Gasteiger partial charge in [-0.15, -0.1) is 0 Å². The van der Waals surface area contributed by atoms with Gasteiger partial charge in [0.25, 0.3) is 0 Å². The second-order valence-corrected chi connectivity index (χ2v) is 6.82. The molecule has 0 spiro atoms. The number of pyridine rings is 1. The van der Waals surface area contributed by atoms with Gasteiger partial charge in [0.1, 0.15) is 10.1 Å². The molecule has 20 heavy (non-hydrogen) atoms. The second kappa shape index (κ2) is 4.51. The Morgan fingerprint density at radius 3 is 3.05 bits per heavy atom. The van der Waals surface area contributed by atoms with Crippen LogP contribution in [0.2, 0.25) is 0 Å². The Balaban J connectivity index is 1.85. The number of nitrogens with zero attached hydrogens (tertiary/aromatic N) is 1. The van der Waals surface area contributed by atoms with Gasteiger partial charge < -0.3 is 15.8 Å². The summed E-state index contributed by atoms with van der Waals surface area (Å²) in [6.45, 7) is 4.68. The van der Waals surface area contributed by atoms with E-state index in [4.69, 9.17) is 10.5 Å². The molecule has 1 saturated carbocycles. The highest BCUT2D eigenvalue weighted by atomic mass is 79.9. The van der Waals surface area contributed by atoms with Crippen molar-refractivity contribution < 1.29 is 9.53 Å². The molecule has 2 aliphatic rings. The summed E-state index contributed by atoms with van der Waals surface area (Å²) in [5, 5.41) is 2.89. The van der Waals surface area contributed by atoms with Gasteiger partial charge in [-0.1, -0.05) is 13.8 Å². The summed E-state index contributed by atoms with van der Waals surface area (Å²) in [6.07, 6.45) is 2.58. The number of aromatic nitrogens is 1. The normalized spacial score (nSPS) is 34.2. The van der Waals surface area contributed by atoms with Crippen LogP contribution in [0.5, 0.6) is 0 Å². The Kier molecular flexibility index (Phi) is 3.15. The lowest BCUT2D eigenvalue weighted by Gasteiger charge is -2.60. The summed E-state index contributed by atoms with van der Waals surface area (Å²) in [5.41, 5.74) is 5.85. The molecule has 1 aliphatic heterocycles. The third kappa shape index (κ3) is 1.68. The Morgan fingerprint density at radius 2 is 2.35 bits per heavy atom. The molecule has 0 aromatic carbocycles. The van der Waals surface area contributed by atoms with Gasteiger partial charge in [0, 0.05) is 24.1 Å². The Labute approximate surface area is 126 Å². The quantitative estimate of drug-likeness (QED) is 0.807. The molecule has 0 bridgehead atoms. The van der Waals surface area contributed by atoms with E-state index in [2.05, 4.69) is 26.2 Å². The van der Waals surface area contributed by atoms with Crippen LogP contribution in [0.4, 0.5) is 5.69 Å². The van der Waals surface area contributed by atoms with Gasteiger partial charge in [-0.25, -0.2) is 4.98 Å². The molecule has 2 fully saturated rings. The number of amides is 1. The van der Waals surface area contributed by atoms with E-state index in [0.717, 1.165) is 6.42 Å². The molecule has 5 nitrogen and oxygen atoms in total. The Bertz CT molecular complexity index is 563. The summed E-state index contributed by atoms with van der Waals surface area (Å²) in [7, 11) is 0. The van der Waals surface area contributed by atoms with Crippen molar-refractivity contribution in [1.82, 2.24) is 4.98 Å². The zero-order valence-corrected chi connectivity index (χ0v) is 13.1. The van der Waals surface area contributed by atoms with Crippen molar-refractivity contribution in [3.8, 4) is 0 Å². The van der Waals surface area contributed by atoms with E-state index in [1.807, 2.05) is 13.8 Å². The standard InChI is InChI=1S/C14H18BrN3O2/c1-13(2)10-8(5-7-20-10)14(13,16)12(19)18-9-4-3-6-17-11(9)15/h3-4,6,8,10H,5,7,16H2,1-2H3,(H,18,19). The summed E-state index contributed by atoms with van der Waals surface area (Å²) >= 11 is 3.33. The van der Waals surface area contributed by atoms with Crippen molar-refractivity contribution in [1.29, 1.82) is 0 Å². The molecule has 3 unspecified atom stereocenters. The number of hydrogen-bond donors (Lipinski definition) is 2. The Hall–Kier alpha value is -0.980. The van der Waals surface area contributed by atoms with Gasteiger partial charge in [0.2, 0.25) is 5.91 Å². The van der Waals surface area contributed by atoms with E-state index >= 15 is 0 Å². The van der Waals surface area contributed by atoms with E-state index in [1.54, 1.807) is 18.3 Å². The van der Waals surface area contributed by atoms with E-state index in [0.29, 0.717) is 16.9 Å². The lowest BCUT2D eigenvalue weighted by Crippen LogP contribution is -2.79. The number of nitrogens with one attached hydrogen (secondary N) is 1. The molecular weight excluding hydrogens is 322 g/mol. The number of rotatable bonds is 2. The summed E-state index contributed by atoms with van der Waals surface area (Å²) in [6, 6.07) is 3.57. The first-order valence-corrected chi connectivity index (χ1v) is 7.51. The van der Waals surface area contributed by atoms with Crippen LogP contribution < -0.4 is 11.1 Å². The number of nitrogens with two attached hydrogens (primary N) is 1. The second-order valence-electron chi connectivity index (χ2n) is 6.07. The topological polar surface area (TPSA) is 77.2 Å². The zero-order valence-electron chi connectivity index (χ0n) is 11.5. The minimum absolute atomic E-state index is 0.0792. The third-order valence-electron chi connectivity index (χ3n) is 4.84. The number of carbonyl (C=O) groups is 1. The SMILES string of the molecule is CC1(C)C2OCCC2C1(N)C(=O)Nc1cccnc1Br. The average molecular weight is 340 g/mol. The van der Waals surface area contributed by atoms with Gasteiger partial charge in [0.15, 0.2) is 0 Å². The number of carbonyl (C=O) groups excluding carboxylic acids is 1. The van der Waals surface area contributed by atoms with E-state index in [-0.39, 0.29) is 23.3 Å². The van der Waals surface area contributed by atoms with Crippen LogP contribution in [-0.2, 0) is 9.53 Å². The smallest absolute Gasteiger partial charge is 0.245 e. The van der Waals surface area contributed by atoms with Crippen molar-refractivity contribution in [3.63, 3.8) is 0 Å². The fourth-order valence-corrected chi connectivity index (χ4v) is 3.90. The highest BCUT2D eigenvalue weighted by Crippen LogP contribution is 2.58. The monoisotopic (exact) mass is 339 g/mol. The molecule has 0 radical (unpaired) electrons. The number of halogens is 1. The largest absolute Gasteiger partial charge is 0.377 e. The lowest BCUT2D eigenvalue weighted by molar-refractivity contribution is -0.170. The number of anilines is 1. The molecule has 108 valence electrons. The van der Waals surface area contributed by atoms with Crippen LogP contribution in [0.25, 0.3) is 0 Å². The highest BCUT2D eigenvalue weighted by molar-refractivity contribution is 9.10. The fourth-order valence-electron chi connectivity index (χ4n) is 3.55. The number of fused-ring (bicyclic) bond motifs is 1. The van der Waals surface area contributed by atoms with Gasteiger partial charge in [-0.3, -0.25) is 4.79 Å². The summed E-state index contributed by atoms with van der Waals surface area (Å²) in [4.78, 5) is 16.8. The molecule has 1 aromatic heterocycles. The van der Waals surface area contributed by atoms with Crippen molar-refractivity contribution >= 4 is 27.5 Å². The van der Waals surface area contributed by atoms with Crippen molar-refractivity contribution in [2.24, 2.45) is 17.1 Å². The van der Waals surface area contributed by atoms with E-state index < -0.39 is 5.54 Å². The first-order valence-electron chi connectivity index (χ1n) is 6.71. The molecule has 1 aliphatic carbocycles. The van der Waals surface area contributed by atoms with Crippen LogP contribution in [0.3, 0.4) is 0 Å². The zero-order chi connectivity index (χ0) is 14.5. The molecule has 3 rings (SSSR count). The van der Waals surface area contributed by atoms with Gasteiger partial charge >= 0.3 is 0 Å². The first-order chi connectivity index (χ1) is 9.39. The van der Waals surface area contributed by atoms with Crippen LogP contribution in [-0.4, -0.2) is 29.1 Å². The summed E-state index contributed by atoms with van der Waals surface area (Å²) < 4.78 is 6.31.